The van der Waals surface area contributed by atoms with Gasteiger partial charge in [-0.25, -0.2) is 13.5 Å². The Balaban J connectivity index is 2.36. The molecule has 4 nitrogen and oxygen atoms in total. The number of halogens is 2. The third kappa shape index (κ3) is 2.00. The molecule has 6 heteroatoms. The second kappa shape index (κ2) is 4.26. The van der Waals surface area contributed by atoms with Crippen molar-refractivity contribution in [3.8, 4) is 5.69 Å². The summed E-state index contributed by atoms with van der Waals surface area (Å²) in [6, 6.07) is 6.03. The molecule has 0 saturated heterocycles. The van der Waals surface area contributed by atoms with Gasteiger partial charge in [-0.2, -0.15) is 0 Å². The van der Waals surface area contributed by atoms with E-state index in [1.54, 1.807) is 25.4 Å². The van der Waals surface area contributed by atoms with Gasteiger partial charge in [0.25, 0.3) is 6.43 Å². The molecule has 2 rings (SSSR count). The first-order valence-corrected chi connectivity index (χ1v) is 4.69. The fourth-order valence-electron chi connectivity index (χ4n) is 1.31. The highest BCUT2D eigenvalue weighted by molar-refractivity contribution is 5.38. The molecule has 0 bridgehead atoms. The smallest absolute Gasteiger partial charge is 0.263 e. The largest absolute Gasteiger partial charge is 0.370 e. The molecule has 1 aromatic heterocycles. The molecule has 1 N–H and O–H groups in total. The molecule has 2 aromatic rings. The Kier molecular flexibility index (Phi) is 2.80. The molecule has 0 radical (unpaired) electrons. The standard InChI is InChI=1S/C10H10F2N4/c1-13-9-6-16(15-14-9)8-4-2-3-7(5-8)10(11)12/h2-6,10,13H,1H3. The first kappa shape index (κ1) is 10.5. The van der Waals surface area contributed by atoms with Gasteiger partial charge in [-0.3, -0.25) is 0 Å². The Bertz CT molecular complexity index is 481. The predicted molar refractivity (Wildman–Crippen MR) is 55.9 cm³/mol. The molecule has 84 valence electrons. The lowest BCUT2D eigenvalue weighted by Gasteiger charge is -2.03. The summed E-state index contributed by atoms with van der Waals surface area (Å²) in [6.07, 6.45) is -0.850. The number of hydrogen-bond acceptors (Lipinski definition) is 3. The van der Waals surface area contributed by atoms with Crippen molar-refractivity contribution in [2.75, 3.05) is 12.4 Å². The van der Waals surface area contributed by atoms with Crippen molar-refractivity contribution < 1.29 is 8.78 Å². The fourth-order valence-corrected chi connectivity index (χ4v) is 1.31. The van der Waals surface area contributed by atoms with E-state index in [0.29, 0.717) is 11.5 Å². The molecule has 1 heterocycles. The van der Waals surface area contributed by atoms with Gasteiger partial charge in [0.1, 0.15) is 0 Å². The molecule has 16 heavy (non-hydrogen) atoms. The summed E-state index contributed by atoms with van der Waals surface area (Å²) >= 11 is 0. The summed E-state index contributed by atoms with van der Waals surface area (Å²) in [6.45, 7) is 0. The number of hydrogen-bond donors (Lipinski definition) is 1. The zero-order valence-corrected chi connectivity index (χ0v) is 8.56. The molecule has 0 amide bonds. The van der Waals surface area contributed by atoms with E-state index < -0.39 is 6.43 Å². The van der Waals surface area contributed by atoms with Crippen molar-refractivity contribution in [3.63, 3.8) is 0 Å². The minimum absolute atomic E-state index is 0.0287. The number of benzene rings is 1. The van der Waals surface area contributed by atoms with Crippen LogP contribution in [0.3, 0.4) is 0 Å². The molecular formula is C10H10F2N4. The molecule has 0 atom stereocenters. The van der Waals surface area contributed by atoms with Crippen LogP contribution in [-0.4, -0.2) is 22.0 Å². The molecule has 0 aliphatic heterocycles. The molecule has 0 fully saturated rings. The molecule has 0 unspecified atom stereocenters. The van der Waals surface area contributed by atoms with Crippen molar-refractivity contribution in [2.45, 2.75) is 6.43 Å². The average Bonchev–Trinajstić information content (AvgIpc) is 2.77. The van der Waals surface area contributed by atoms with Crippen molar-refractivity contribution in [3.05, 3.63) is 36.0 Å². The van der Waals surface area contributed by atoms with Crippen LogP contribution in [0.2, 0.25) is 0 Å². The van der Waals surface area contributed by atoms with Crippen LogP contribution in [-0.2, 0) is 0 Å². The van der Waals surface area contributed by atoms with Crippen LogP contribution >= 0.6 is 0 Å². The normalized spacial score (nSPS) is 10.8. The molecule has 1 aromatic carbocycles. The van der Waals surface area contributed by atoms with Gasteiger partial charge in [0, 0.05) is 12.6 Å². The topological polar surface area (TPSA) is 42.7 Å². The maximum atomic E-state index is 12.5. The van der Waals surface area contributed by atoms with Gasteiger partial charge < -0.3 is 5.32 Å². The SMILES string of the molecule is CNc1cn(-c2cccc(C(F)F)c2)nn1. The Morgan fingerprint density at radius 3 is 2.81 bits per heavy atom. The molecular weight excluding hydrogens is 214 g/mol. The van der Waals surface area contributed by atoms with Gasteiger partial charge >= 0.3 is 0 Å². The summed E-state index contributed by atoms with van der Waals surface area (Å²) in [7, 11) is 1.71. The summed E-state index contributed by atoms with van der Waals surface area (Å²) in [4.78, 5) is 0. The van der Waals surface area contributed by atoms with Gasteiger partial charge in [0.05, 0.1) is 11.9 Å². The lowest BCUT2D eigenvalue weighted by Crippen LogP contribution is -1.96. The monoisotopic (exact) mass is 224 g/mol. The summed E-state index contributed by atoms with van der Waals surface area (Å²) < 4.78 is 26.4. The van der Waals surface area contributed by atoms with E-state index in [9.17, 15) is 8.78 Å². The van der Waals surface area contributed by atoms with E-state index in [2.05, 4.69) is 15.6 Å². The van der Waals surface area contributed by atoms with E-state index in [1.807, 2.05) is 0 Å². The van der Waals surface area contributed by atoms with E-state index in [1.165, 1.54) is 16.8 Å². The summed E-state index contributed by atoms with van der Waals surface area (Å²) in [5.74, 6) is 0.586. The highest BCUT2D eigenvalue weighted by Crippen LogP contribution is 2.21. The first-order chi connectivity index (χ1) is 7.70. The number of nitrogens with one attached hydrogen (secondary N) is 1. The maximum absolute atomic E-state index is 12.5. The van der Waals surface area contributed by atoms with Gasteiger partial charge in [-0.15, -0.1) is 5.10 Å². The predicted octanol–water partition coefficient (Wildman–Crippen LogP) is 2.25. The summed E-state index contributed by atoms with van der Waals surface area (Å²) in [5, 5.41) is 10.4. The Hall–Kier alpha value is -1.98. The van der Waals surface area contributed by atoms with Gasteiger partial charge in [0.15, 0.2) is 5.82 Å². The number of nitrogens with zero attached hydrogens (tertiary/aromatic N) is 3. The molecule has 0 saturated carbocycles. The second-order valence-electron chi connectivity index (χ2n) is 3.19. The van der Waals surface area contributed by atoms with E-state index in [-0.39, 0.29) is 5.56 Å². The minimum atomic E-state index is -2.48. The Morgan fingerprint density at radius 2 is 2.19 bits per heavy atom. The lowest BCUT2D eigenvalue weighted by molar-refractivity contribution is 0.151. The second-order valence-corrected chi connectivity index (χ2v) is 3.19. The number of alkyl halides is 2. The Labute approximate surface area is 90.9 Å². The molecule has 0 aliphatic carbocycles. The van der Waals surface area contributed by atoms with Crippen molar-refractivity contribution in [1.29, 1.82) is 0 Å². The van der Waals surface area contributed by atoms with Crippen LogP contribution in [0.4, 0.5) is 14.6 Å². The minimum Gasteiger partial charge on any atom is -0.370 e. The van der Waals surface area contributed by atoms with Gasteiger partial charge in [-0.05, 0) is 12.1 Å². The summed E-state index contributed by atoms with van der Waals surface area (Å²) in [5.41, 5.74) is 0.533. The van der Waals surface area contributed by atoms with Crippen LogP contribution in [0.25, 0.3) is 5.69 Å². The van der Waals surface area contributed by atoms with Crippen LogP contribution in [0.5, 0.6) is 0 Å². The number of anilines is 1. The van der Waals surface area contributed by atoms with Crippen LogP contribution in [0, 0.1) is 0 Å². The Morgan fingerprint density at radius 1 is 1.38 bits per heavy atom. The molecule has 0 aliphatic rings. The average molecular weight is 224 g/mol. The van der Waals surface area contributed by atoms with Crippen molar-refractivity contribution >= 4 is 5.82 Å². The van der Waals surface area contributed by atoms with E-state index in [0.717, 1.165) is 0 Å². The quantitative estimate of drug-likeness (QED) is 0.869. The third-order valence-electron chi connectivity index (χ3n) is 2.14. The van der Waals surface area contributed by atoms with Crippen LogP contribution in [0.1, 0.15) is 12.0 Å². The van der Waals surface area contributed by atoms with Gasteiger partial charge in [0.2, 0.25) is 0 Å². The van der Waals surface area contributed by atoms with Crippen LogP contribution < -0.4 is 5.32 Å². The van der Waals surface area contributed by atoms with E-state index >= 15 is 0 Å². The van der Waals surface area contributed by atoms with E-state index in [4.69, 9.17) is 0 Å². The lowest BCUT2D eigenvalue weighted by atomic mass is 10.2. The van der Waals surface area contributed by atoms with Crippen molar-refractivity contribution in [2.24, 2.45) is 0 Å². The maximum Gasteiger partial charge on any atom is 0.263 e. The fraction of sp³-hybridized carbons (Fsp3) is 0.200. The molecule has 0 spiro atoms. The van der Waals surface area contributed by atoms with Gasteiger partial charge in [-0.1, -0.05) is 17.3 Å². The zero-order valence-electron chi connectivity index (χ0n) is 8.56. The zero-order chi connectivity index (χ0) is 11.5. The highest BCUT2D eigenvalue weighted by atomic mass is 19.3. The number of aromatic nitrogens is 3. The highest BCUT2D eigenvalue weighted by Gasteiger charge is 2.08. The third-order valence-corrected chi connectivity index (χ3v) is 2.14. The number of rotatable bonds is 3. The first-order valence-electron chi connectivity index (χ1n) is 4.69. The van der Waals surface area contributed by atoms with Crippen molar-refractivity contribution in [1.82, 2.24) is 15.0 Å². The van der Waals surface area contributed by atoms with Crippen LogP contribution in [0.15, 0.2) is 30.5 Å².